The van der Waals surface area contributed by atoms with Crippen LogP contribution in [-0.2, 0) is 4.79 Å². The van der Waals surface area contributed by atoms with Crippen LogP contribution in [0, 0.1) is 11.3 Å². The Morgan fingerprint density at radius 3 is 2.60 bits per heavy atom. The standard InChI is InChI=1S/C18H32O2/c1-3-4-5-6-7-8-10-15-12-14-18(20)16(19)11-9-13-17(15,18)2/h15,20H,3-14H2,1-2H3/t15?,17-,18+/m1/s1. The van der Waals surface area contributed by atoms with Crippen molar-refractivity contribution < 1.29 is 9.90 Å². The second-order valence-electron chi connectivity index (χ2n) is 7.35. The largest absolute Gasteiger partial charge is 0.381 e. The fourth-order valence-electron chi connectivity index (χ4n) is 4.65. The monoisotopic (exact) mass is 280 g/mol. The number of aliphatic hydroxyl groups is 1. The van der Waals surface area contributed by atoms with Crippen LogP contribution in [0.1, 0.15) is 90.9 Å². The molecule has 116 valence electrons. The highest BCUT2D eigenvalue weighted by Gasteiger charge is 2.60. The number of carbonyl (C=O) groups excluding carboxylic acids is 1. The average molecular weight is 280 g/mol. The second kappa shape index (κ2) is 6.60. The first-order chi connectivity index (χ1) is 9.54. The number of fused-ring (bicyclic) bond motifs is 1. The van der Waals surface area contributed by atoms with Crippen LogP contribution in [0.2, 0.25) is 0 Å². The van der Waals surface area contributed by atoms with Gasteiger partial charge < -0.3 is 5.11 Å². The minimum Gasteiger partial charge on any atom is -0.381 e. The van der Waals surface area contributed by atoms with Gasteiger partial charge in [-0.15, -0.1) is 0 Å². The van der Waals surface area contributed by atoms with Crippen molar-refractivity contribution in [3.05, 3.63) is 0 Å². The first kappa shape index (κ1) is 16.0. The highest BCUT2D eigenvalue weighted by atomic mass is 16.3. The lowest BCUT2D eigenvalue weighted by atomic mass is 9.61. The molecule has 2 heteroatoms. The zero-order chi connectivity index (χ0) is 14.6. The van der Waals surface area contributed by atoms with E-state index in [1.807, 2.05) is 0 Å². The van der Waals surface area contributed by atoms with Crippen LogP contribution in [0.4, 0.5) is 0 Å². The van der Waals surface area contributed by atoms with Crippen molar-refractivity contribution in [2.75, 3.05) is 0 Å². The highest BCUT2D eigenvalue weighted by molar-refractivity contribution is 5.89. The minimum absolute atomic E-state index is 0.122. The van der Waals surface area contributed by atoms with Gasteiger partial charge in [0.25, 0.3) is 0 Å². The van der Waals surface area contributed by atoms with Gasteiger partial charge in [0.15, 0.2) is 5.78 Å². The molecule has 2 aliphatic carbocycles. The number of Topliss-reactive ketones (excluding diaryl/α,β-unsaturated/α-hetero) is 1. The van der Waals surface area contributed by atoms with E-state index in [0.29, 0.717) is 18.8 Å². The van der Waals surface area contributed by atoms with Crippen molar-refractivity contribution in [2.24, 2.45) is 11.3 Å². The summed E-state index contributed by atoms with van der Waals surface area (Å²) in [6.45, 7) is 4.43. The van der Waals surface area contributed by atoms with Crippen LogP contribution in [0.5, 0.6) is 0 Å². The summed E-state index contributed by atoms with van der Waals surface area (Å²) in [4.78, 5) is 12.1. The SMILES string of the molecule is CCCCCCCCC1CC[C@]2(O)C(=O)CCC[C@]12C. The van der Waals surface area contributed by atoms with Crippen LogP contribution < -0.4 is 0 Å². The molecule has 0 aromatic rings. The van der Waals surface area contributed by atoms with Crippen molar-refractivity contribution >= 4 is 5.78 Å². The average Bonchev–Trinajstić information content (AvgIpc) is 2.69. The summed E-state index contributed by atoms with van der Waals surface area (Å²) < 4.78 is 0. The lowest BCUT2D eigenvalue weighted by Crippen LogP contribution is -2.53. The molecule has 0 amide bonds. The van der Waals surface area contributed by atoms with Gasteiger partial charge in [-0.2, -0.15) is 0 Å². The van der Waals surface area contributed by atoms with Crippen LogP contribution in [0.25, 0.3) is 0 Å². The Morgan fingerprint density at radius 2 is 1.85 bits per heavy atom. The van der Waals surface area contributed by atoms with Crippen molar-refractivity contribution in [1.82, 2.24) is 0 Å². The van der Waals surface area contributed by atoms with Gasteiger partial charge in [-0.25, -0.2) is 0 Å². The first-order valence-electron chi connectivity index (χ1n) is 8.80. The molecule has 0 aliphatic heterocycles. The maximum atomic E-state index is 12.1. The van der Waals surface area contributed by atoms with Crippen molar-refractivity contribution in [3.63, 3.8) is 0 Å². The summed E-state index contributed by atoms with van der Waals surface area (Å²) in [7, 11) is 0. The second-order valence-corrected chi connectivity index (χ2v) is 7.35. The van der Waals surface area contributed by atoms with Gasteiger partial charge in [-0.3, -0.25) is 4.79 Å². The van der Waals surface area contributed by atoms with E-state index in [1.54, 1.807) is 0 Å². The fourth-order valence-corrected chi connectivity index (χ4v) is 4.65. The van der Waals surface area contributed by atoms with E-state index in [1.165, 1.54) is 44.9 Å². The van der Waals surface area contributed by atoms with E-state index in [0.717, 1.165) is 19.3 Å². The molecule has 2 nitrogen and oxygen atoms in total. The molecular formula is C18H32O2. The van der Waals surface area contributed by atoms with Crippen LogP contribution >= 0.6 is 0 Å². The van der Waals surface area contributed by atoms with Gasteiger partial charge >= 0.3 is 0 Å². The van der Waals surface area contributed by atoms with Crippen molar-refractivity contribution in [3.8, 4) is 0 Å². The third-order valence-electron chi connectivity index (χ3n) is 6.17. The summed E-state index contributed by atoms with van der Waals surface area (Å²) >= 11 is 0. The number of hydrogen-bond acceptors (Lipinski definition) is 2. The molecule has 0 radical (unpaired) electrons. The van der Waals surface area contributed by atoms with E-state index in [2.05, 4.69) is 13.8 Å². The van der Waals surface area contributed by atoms with Crippen LogP contribution in [0.15, 0.2) is 0 Å². The normalized spacial score (nSPS) is 37.1. The molecule has 0 heterocycles. The molecule has 3 atom stereocenters. The summed E-state index contributed by atoms with van der Waals surface area (Å²) in [5, 5.41) is 10.8. The predicted molar refractivity (Wildman–Crippen MR) is 82.6 cm³/mol. The zero-order valence-electron chi connectivity index (χ0n) is 13.4. The number of rotatable bonds is 7. The molecular weight excluding hydrogens is 248 g/mol. The molecule has 2 aliphatic rings. The summed E-state index contributed by atoms with van der Waals surface area (Å²) in [5.74, 6) is 0.680. The van der Waals surface area contributed by atoms with E-state index >= 15 is 0 Å². The molecule has 1 unspecified atom stereocenters. The number of unbranched alkanes of at least 4 members (excludes halogenated alkanes) is 5. The van der Waals surface area contributed by atoms with E-state index < -0.39 is 5.60 Å². The molecule has 1 N–H and O–H groups in total. The maximum absolute atomic E-state index is 12.1. The molecule has 0 aromatic carbocycles. The number of hydrogen-bond donors (Lipinski definition) is 1. The van der Waals surface area contributed by atoms with Gasteiger partial charge in [0, 0.05) is 11.8 Å². The minimum atomic E-state index is -0.988. The zero-order valence-corrected chi connectivity index (χ0v) is 13.4. The van der Waals surface area contributed by atoms with Crippen molar-refractivity contribution in [2.45, 2.75) is 96.5 Å². The van der Waals surface area contributed by atoms with E-state index in [9.17, 15) is 9.90 Å². The lowest BCUT2D eigenvalue weighted by molar-refractivity contribution is -0.158. The lowest BCUT2D eigenvalue weighted by Gasteiger charge is -2.45. The number of ketones is 1. The molecule has 2 fully saturated rings. The summed E-state index contributed by atoms with van der Waals surface area (Å²) in [6, 6.07) is 0. The number of carbonyl (C=O) groups is 1. The molecule has 0 bridgehead atoms. The Morgan fingerprint density at radius 1 is 1.15 bits per heavy atom. The van der Waals surface area contributed by atoms with Gasteiger partial charge in [0.2, 0.25) is 0 Å². The van der Waals surface area contributed by atoms with Gasteiger partial charge in [0.05, 0.1) is 0 Å². The highest BCUT2D eigenvalue weighted by Crippen LogP contribution is 2.57. The Balaban J connectivity index is 1.83. The molecule has 0 saturated heterocycles. The Labute approximate surface area is 124 Å². The molecule has 0 aromatic heterocycles. The van der Waals surface area contributed by atoms with Gasteiger partial charge in [-0.1, -0.05) is 52.4 Å². The topological polar surface area (TPSA) is 37.3 Å². The molecule has 2 rings (SSSR count). The van der Waals surface area contributed by atoms with E-state index in [4.69, 9.17) is 0 Å². The van der Waals surface area contributed by atoms with E-state index in [-0.39, 0.29) is 11.2 Å². The van der Waals surface area contributed by atoms with Gasteiger partial charge in [-0.05, 0) is 38.0 Å². The molecule has 20 heavy (non-hydrogen) atoms. The Kier molecular flexibility index (Phi) is 5.28. The third kappa shape index (κ3) is 2.81. The predicted octanol–water partition coefficient (Wildman–Crippen LogP) is 4.64. The molecule has 2 saturated carbocycles. The van der Waals surface area contributed by atoms with Crippen LogP contribution in [0.3, 0.4) is 0 Å². The molecule has 0 spiro atoms. The van der Waals surface area contributed by atoms with Gasteiger partial charge in [0.1, 0.15) is 5.60 Å². The smallest absolute Gasteiger partial charge is 0.164 e. The van der Waals surface area contributed by atoms with Crippen LogP contribution in [-0.4, -0.2) is 16.5 Å². The van der Waals surface area contributed by atoms with Crippen molar-refractivity contribution in [1.29, 1.82) is 0 Å². The fraction of sp³-hybridized carbons (Fsp3) is 0.944. The Hall–Kier alpha value is -0.370. The quantitative estimate of drug-likeness (QED) is 0.690. The first-order valence-corrected chi connectivity index (χ1v) is 8.80. The summed E-state index contributed by atoms with van der Waals surface area (Å²) in [6.07, 6.45) is 13.5. The summed E-state index contributed by atoms with van der Waals surface area (Å²) in [5.41, 5.74) is -1.12. The maximum Gasteiger partial charge on any atom is 0.164 e. The third-order valence-corrected chi connectivity index (χ3v) is 6.17. The Bertz CT molecular complexity index is 338.